The quantitative estimate of drug-likeness (QED) is 0.455. The van der Waals surface area contributed by atoms with E-state index in [1.165, 1.54) is 40.5 Å². The van der Waals surface area contributed by atoms with Crippen molar-refractivity contribution in [2.24, 2.45) is 0 Å². The monoisotopic (exact) mass is 438 g/mol. The van der Waals surface area contributed by atoms with Crippen LogP contribution in [0, 0.1) is 3.95 Å². The molecule has 0 radical (unpaired) electrons. The summed E-state index contributed by atoms with van der Waals surface area (Å²) in [6.07, 6.45) is 4.53. The van der Waals surface area contributed by atoms with Gasteiger partial charge in [-0.2, -0.15) is 0 Å². The molecule has 1 heterocycles. The average molecular weight is 439 g/mol. The first-order chi connectivity index (χ1) is 14.5. The van der Waals surface area contributed by atoms with E-state index in [4.69, 9.17) is 17.3 Å². The van der Waals surface area contributed by atoms with E-state index in [9.17, 15) is 4.79 Å². The second kappa shape index (κ2) is 7.87. The summed E-state index contributed by atoms with van der Waals surface area (Å²) in [5, 5.41) is 8.09. The molecule has 5 nitrogen and oxygen atoms in total. The molecule has 0 bridgehead atoms. The number of carbonyl (C=O) groups is 1. The van der Waals surface area contributed by atoms with E-state index in [1.54, 1.807) is 6.92 Å². The molecule has 2 aliphatic carbocycles. The third-order valence-corrected chi connectivity index (χ3v) is 7.44. The van der Waals surface area contributed by atoms with Crippen LogP contribution < -0.4 is 4.90 Å². The van der Waals surface area contributed by atoms with Gasteiger partial charge < -0.3 is 0 Å². The summed E-state index contributed by atoms with van der Waals surface area (Å²) in [6.45, 7) is 4.55. The van der Waals surface area contributed by atoms with Crippen molar-refractivity contribution in [3.05, 3.63) is 52.0 Å². The predicted octanol–water partition coefficient (Wildman–Crippen LogP) is 5.53. The van der Waals surface area contributed by atoms with E-state index in [0.717, 1.165) is 21.9 Å². The molecule has 0 aliphatic heterocycles. The molecule has 1 atom stereocenters. The molecule has 2 aromatic carbocycles. The number of rotatable bonds is 7. The fraction of sp³-hybridized carbons (Fsp3) is 0.435. The first-order valence-electron chi connectivity index (χ1n) is 10.6. The minimum absolute atomic E-state index is 0.0524. The Balaban J connectivity index is 1.45. The van der Waals surface area contributed by atoms with Crippen molar-refractivity contribution in [1.29, 1.82) is 0 Å². The lowest BCUT2D eigenvalue weighted by molar-refractivity contribution is -0.116. The molecule has 30 heavy (non-hydrogen) atoms. The number of aromatic nitrogens is 2. The molecule has 2 fully saturated rings. The Morgan fingerprint density at radius 3 is 2.57 bits per heavy atom. The molecule has 156 valence electrons. The van der Waals surface area contributed by atoms with Crippen molar-refractivity contribution in [1.82, 2.24) is 14.7 Å². The fourth-order valence-electron chi connectivity index (χ4n) is 4.27. The van der Waals surface area contributed by atoms with Gasteiger partial charge in [0.1, 0.15) is 0 Å². The maximum Gasteiger partial charge on any atom is 0.225 e. The molecule has 0 N–H and O–H groups in total. The van der Waals surface area contributed by atoms with Gasteiger partial charge in [0.05, 0.1) is 6.67 Å². The van der Waals surface area contributed by atoms with Gasteiger partial charge in [0.25, 0.3) is 0 Å². The molecule has 0 unspecified atom stereocenters. The molecule has 1 aromatic heterocycles. The summed E-state index contributed by atoms with van der Waals surface area (Å²) < 4.78 is 2.64. The maximum absolute atomic E-state index is 12.1. The zero-order chi connectivity index (χ0) is 20.8. The van der Waals surface area contributed by atoms with Gasteiger partial charge in [-0.15, -0.1) is 5.10 Å². The molecule has 2 aliphatic rings. The van der Waals surface area contributed by atoms with Gasteiger partial charge in [-0.25, -0.2) is 4.68 Å². The molecule has 0 saturated heterocycles. The van der Waals surface area contributed by atoms with Crippen LogP contribution in [0.1, 0.15) is 51.1 Å². The van der Waals surface area contributed by atoms with Crippen LogP contribution in [0.2, 0.25) is 0 Å². The minimum atomic E-state index is 0.0524. The van der Waals surface area contributed by atoms with Crippen molar-refractivity contribution >= 4 is 45.4 Å². The highest BCUT2D eigenvalue weighted by Gasteiger charge is 2.36. The molecular weight excluding hydrogens is 412 g/mol. The third-order valence-electron chi connectivity index (χ3n) is 6.14. The normalized spacial score (nSPS) is 17.4. The zero-order valence-corrected chi connectivity index (χ0v) is 19.0. The Morgan fingerprint density at radius 2 is 1.87 bits per heavy atom. The Bertz CT molecular complexity index is 1140. The van der Waals surface area contributed by atoms with Crippen molar-refractivity contribution < 1.29 is 4.79 Å². The van der Waals surface area contributed by atoms with Crippen molar-refractivity contribution in [3.8, 4) is 0 Å². The third kappa shape index (κ3) is 3.82. The van der Waals surface area contributed by atoms with E-state index in [-0.39, 0.29) is 11.9 Å². The molecular formula is C23H26N4OS2. The van der Waals surface area contributed by atoms with Gasteiger partial charge >= 0.3 is 0 Å². The van der Waals surface area contributed by atoms with Crippen LogP contribution >= 0.6 is 23.6 Å². The highest BCUT2D eigenvalue weighted by atomic mass is 32.1. The van der Waals surface area contributed by atoms with Gasteiger partial charge in [-0.3, -0.25) is 14.6 Å². The van der Waals surface area contributed by atoms with Gasteiger partial charge in [0, 0.05) is 25.0 Å². The SMILES string of the molecule is CC(=O)N(c1nn(CN(C2CC2)[C@@H](C)c2cccc3ccccc23)c(=S)s1)C1CC1. The minimum Gasteiger partial charge on any atom is -0.284 e. The molecule has 7 heteroatoms. The maximum atomic E-state index is 12.1. The van der Waals surface area contributed by atoms with E-state index in [2.05, 4.69) is 54.3 Å². The average Bonchev–Trinajstić information content (AvgIpc) is 3.65. The Hall–Kier alpha value is -2.09. The number of carbonyl (C=O) groups excluding carboxylic acids is 1. The number of hydrogen-bond donors (Lipinski definition) is 0. The van der Waals surface area contributed by atoms with Gasteiger partial charge in [-0.1, -0.05) is 53.8 Å². The molecule has 2 saturated carbocycles. The second-order valence-electron chi connectivity index (χ2n) is 8.40. The Labute approximate surface area is 185 Å². The number of hydrogen-bond acceptors (Lipinski definition) is 5. The van der Waals surface area contributed by atoms with E-state index in [0.29, 0.717) is 18.8 Å². The first-order valence-corrected chi connectivity index (χ1v) is 11.9. The zero-order valence-electron chi connectivity index (χ0n) is 17.3. The lowest BCUT2D eigenvalue weighted by Crippen LogP contribution is -2.33. The summed E-state index contributed by atoms with van der Waals surface area (Å²) >= 11 is 7.09. The Kier molecular flexibility index (Phi) is 5.21. The molecule has 5 rings (SSSR count). The van der Waals surface area contributed by atoms with Crippen LogP contribution in [0.15, 0.2) is 42.5 Å². The van der Waals surface area contributed by atoms with Crippen LogP contribution in [0.4, 0.5) is 5.13 Å². The van der Waals surface area contributed by atoms with Crippen molar-refractivity contribution in [2.45, 2.75) is 64.3 Å². The summed E-state index contributed by atoms with van der Waals surface area (Å²) in [4.78, 5) is 16.5. The van der Waals surface area contributed by atoms with Gasteiger partial charge in [0.15, 0.2) is 3.95 Å². The number of benzene rings is 2. The molecule has 0 spiro atoms. The van der Waals surface area contributed by atoms with Crippen LogP contribution in [0.25, 0.3) is 10.8 Å². The van der Waals surface area contributed by atoms with Crippen LogP contribution in [0.3, 0.4) is 0 Å². The van der Waals surface area contributed by atoms with Gasteiger partial charge in [-0.05, 0) is 61.2 Å². The number of nitrogens with zero attached hydrogens (tertiary/aromatic N) is 4. The number of anilines is 1. The highest BCUT2D eigenvalue weighted by Crippen LogP contribution is 2.38. The van der Waals surface area contributed by atoms with E-state index < -0.39 is 0 Å². The lowest BCUT2D eigenvalue weighted by atomic mass is 9.99. The van der Waals surface area contributed by atoms with Crippen LogP contribution in [-0.4, -0.2) is 32.7 Å². The van der Waals surface area contributed by atoms with Gasteiger partial charge in [0.2, 0.25) is 11.0 Å². The fourth-order valence-corrected chi connectivity index (χ4v) is 5.47. The number of amides is 1. The smallest absolute Gasteiger partial charge is 0.225 e. The van der Waals surface area contributed by atoms with Crippen molar-refractivity contribution in [2.75, 3.05) is 4.90 Å². The topological polar surface area (TPSA) is 41.4 Å². The highest BCUT2D eigenvalue weighted by molar-refractivity contribution is 7.73. The molecule has 3 aromatic rings. The standard InChI is InChI=1S/C23H26N4OS2/c1-15(20-9-5-7-17-6-3-4-8-21(17)20)25(18-10-11-18)14-26-23(29)30-22(24-26)27(16(2)28)19-12-13-19/h3-9,15,18-19H,10-14H2,1-2H3/t15-/m0/s1. The van der Waals surface area contributed by atoms with Crippen LogP contribution in [-0.2, 0) is 11.5 Å². The summed E-state index contributed by atoms with van der Waals surface area (Å²) in [5.41, 5.74) is 1.34. The predicted molar refractivity (Wildman–Crippen MR) is 124 cm³/mol. The second-order valence-corrected chi connectivity index (χ2v) is 10.0. The summed E-state index contributed by atoms with van der Waals surface area (Å²) in [5.74, 6) is 0.0524. The summed E-state index contributed by atoms with van der Waals surface area (Å²) in [7, 11) is 0. The molecule has 1 amide bonds. The lowest BCUT2D eigenvalue weighted by Gasteiger charge is -2.30. The first kappa shape index (κ1) is 19.8. The summed E-state index contributed by atoms with van der Waals surface area (Å²) in [6, 6.07) is 16.2. The van der Waals surface area contributed by atoms with Crippen LogP contribution in [0.5, 0.6) is 0 Å². The van der Waals surface area contributed by atoms with E-state index >= 15 is 0 Å². The number of fused-ring (bicyclic) bond motifs is 1. The largest absolute Gasteiger partial charge is 0.284 e. The van der Waals surface area contributed by atoms with Crippen molar-refractivity contribution in [3.63, 3.8) is 0 Å². The Morgan fingerprint density at radius 1 is 1.17 bits per heavy atom. The van der Waals surface area contributed by atoms with E-state index in [1.807, 2.05) is 9.58 Å².